The van der Waals surface area contributed by atoms with Crippen LogP contribution in [0.2, 0.25) is 0 Å². The molecule has 7 nitrogen and oxygen atoms in total. The van der Waals surface area contributed by atoms with Crippen molar-refractivity contribution >= 4 is 29.9 Å². The van der Waals surface area contributed by atoms with Crippen LogP contribution in [0.1, 0.15) is 56.8 Å². The summed E-state index contributed by atoms with van der Waals surface area (Å²) in [5.74, 6) is 3.61. The fourth-order valence-electron chi connectivity index (χ4n) is 3.85. The predicted molar refractivity (Wildman–Crippen MR) is 140 cm³/mol. The number of nitrogens with one attached hydrogen (secondary N) is 2. The van der Waals surface area contributed by atoms with E-state index in [0.29, 0.717) is 12.6 Å². The van der Waals surface area contributed by atoms with Gasteiger partial charge in [0.05, 0.1) is 19.8 Å². The number of aliphatic imine (C=N–C) groups is 1. The van der Waals surface area contributed by atoms with E-state index in [2.05, 4.69) is 33.2 Å². The Kier molecular flexibility index (Phi) is 11.7. The molecule has 0 saturated heterocycles. The fraction of sp³-hybridized carbons (Fsp3) is 0.583. The van der Waals surface area contributed by atoms with E-state index in [1.54, 1.807) is 7.11 Å². The van der Waals surface area contributed by atoms with Gasteiger partial charge >= 0.3 is 0 Å². The number of ether oxygens (including phenoxy) is 2. The zero-order chi connectivity index (χ0) is 21.9. The topological polar surface area (TPSA) is 72.7 Å². The van der Waals surface area contributed by atoms with Gasteiger partial charge in [0.15, 0.2) is 5.96 Å². The lowest BCUT2D eigenvalue weighted by Crippen LogP contribution is -2.37. The van der Waals surface area contributed by atoms with Crippen LogP contribution in [0.25, 0.3) is 0 Å². The van der Waals surface area contributed by atoms with E-state index in [1.807, 2.05) is 31.5 Å². The van der Waals surface area contributed by atoms with Gasteiger partial charge in [-0.3, -0.25) is 0 Å². The Labute approximate surface area is 209 Å². The molecule has 1 aliphatic rings. The van der Waals surface area contributed by atoms with Gasteiger partial charge in [-0.15, -0.1) is 24.0 Å². The number of aryl methyl sites for hydroxylation is 2. The summed E-state index contributed by atoms with van der Waals surface area (Å²) in [7, 11) is 1.69. The molecule has 0 radical (unpaired) electrons. The van der Waals surface area contributed by atoms with E-state index < -0.39 is 0 Å². The summed E-state index contributed by atoms with van der Waals surface area (Å²) >= 11 is 0. The highest BCUT2D eigenvalue weighted by atomic mass is 127. The van der Waals surface area contributed by atoms with Crippen LogP contribution in [0.4, 0.5) is 0 Å². The van der Waals surface area contributed by atoms with Crippen molar-refractivity contribution in [3.63, 3.8) is 0 Å². The van der Waals surface area contributed by atoms with Crippen LogP contribution >= 0.6 is 24.0 Å². The van der Waals surface area contributed by atoms with Crippen molar-refractivity contribution in [3.05, 3.63) is 42.0 Å². The first-order chi connectivity index (χ1) is 15.2. The van der Waals surface area contributed by atoms with Crippen molar-refractivity contribution in [1.82, 2.24) is 20.2 Å². The van der Waals surface area contributed by atoms with Gasteiger partial charge < -0.3 is 24.7 Å². The van der Waals surface area contributed by atoms with E-state index in [1.165, 1.54) is 12.8 Å². The molecular weight excluding hydrogens is 517 g/mol. The van der Waals surface area contributed by atoms with E-state index >= 15 is 0 Å². The second-order valence-corrected chi connectivity index (χ2v) is 7.99. The zero-order valence-corrected chi connectivity index (χ0v) is 21.9. The maximum atomic E-state index is 6.30. The van der Waals surface area contributed by atoms with Crippen LogP contribution in [-0.4, -0.2) is 41.8 Å². The molecule has 1 aromatic carbocycles. The maximum absolute atomic E-state index is 6.30. The minimum atomic E-state index is 0. The largest absolute Gasteiger partial charge is 0.497 e. The highest BCUT2D eigenvalue weighted by Gasteiger charge is 2.18. The number of rotatable bonds is 11. The maximum Gasteiger partial charge on any atom is 0.191 e. The zero-order valence-electron chi connectivity index (χ0n) is 19.6. The molecule has 0 atom stereocenters. The molecule has 2 aromatic rings. The first kappa shape index (κ1) is 26.3. The fourth-order valence-corrected chi connectivity index (χ4v) is 3.85. The van der Waals surface area contributed by atoms with Crippen LogP contribution in [0.3, 0.4) is 0 Å². The van der Waals surface area contributed by atoms with E-state index in [9.17, 15) is 0 Å². The normalized spacial score (nSPS) is 14.2. The van der Waals surface area contributed by atoms with Gasteiger partial charge in [-0.2, -0.15) is 0 Å². The van der Waals surface area contributed by atoms with Crippen LogP contribution < -0.4 is 20.1 Å². The highest BCUT2D eigenvalue weighted by molar-refractivity contribution is 14.0. The lowest BCUT2D eigenvalue weighted by molar-refractivity contribution is 0.207. The van der Waals surface area contributed by atoms with Crippen molar-refractivity contribution in [2.75, 3.05) is 20.2 Å². The number of methoxy groups -OCH3 is 1. The molecule has 2 N–H and O–H groups in total. The van der Waals surface area contributed by atoms with Crippen molar-refractivity contribution in [2.45, 2.75) is 71.6 Å². The smallest absolute Gasteiger partial charge is 0.191 e. The molecule has 0 bridgehead atoms. The van der Waals surface area contributed by atoms with Gasteiger partial charge in [0, 0.05) is 43.7 Å². The third kappa shape index (κ3) is 8.18. The molecule has 8 heteroatoms. The molecule has 0 aliphatic heterocycles. The first-order valence-corrected chi connectivity index (χ1v) is 11.5. The molecule has 1 saturated carbocycles. The Morgan fingerprint density at radius 2 is 2.03 bits per heavy atom. The van der Waals surface area contributed by atoms with E-state index in [0.717, 1.165) is 74.2 Å². The summed E-state index contributed by atoms with van der Waals surface area (Å²) in [5.41, 5.74) is 1.08. The van der Waals surface area contributed by atoms with Crippen LogP contribution in [0, 0.1) is 6.92 Å². The van der Waals surface area contributed by atoms with Crippen molar-refractivity contribution < 1.29 is 9.47 Å². The number of aromatic nitrogens is 2. The number of hydrogen-bond donors (Lipinski definition) is 2. The van der Waals surface area contributed by atoms with Crippen molar-refractivity contribution in [1.29, 1.82) is 0 Å². The lowest BCUT2D eigenvalue weighted by Gasteiger charge is -2.17. The summed E-state index contributed by atoms with van der Waals surface area (Å²) in [4.78, 5) is 9.07. The average molecular weight is 556 g/mol. The monoisotopic (exact) mass is 555 g/mol. The predicted octanol–water partition coefficient (Wildman–Crippen LogP) is 4.68. The van der Waals surface area contributed by atoms with E-state index in [-0.39, 0.29) is 24.0 Å². The molecule has 32 heavy (non-hydrogen) atoms. The third-order valence-corrected chi connectivity index (χ3v) is 5.66. The average Bonchev–Trinajstić information content (AvgIpc) is 3.44. The number of nitrogens with zero attached hydrogens (tertiary/aromatic N) is 3. The number of hydrogen-bond acceptors (Lipinski definition) is 4. The third-order valence-electron chi connectivity index (χ3n) is 5.66. The second kappa shape index (κ2) is 14.2. The molecule has 1 aromatic heterocycles. The molecule has 3 rings (SSSR count). The minimum Gasteiger partial charge on any atom is -0.497 e. The molecule has 1 fully saturated rings. The van der Waals surface area contributed by atoms with Crippen LogP contribution in [0.5, 0.6) is 11.5 Å². The molecular formula is C24H38IN5O2. The molecule has 0 unspecified atom stereocenters. The Bertz CT molecular complexity index is 834. The lowest BCUT2D eigenvalue weighted by atomic mass is 10.2. The molecule has 1 aliphatic carbocycles. The minimum absolute atomic E-state index is 0. The van der Waals surface area contributed by atoms with Gasteiger partial charge in [0.2, 0.25) is 0 Å². The van der Waals surface area contributed by atoms with Gasteiger partial charge in [0.25, 0.3) is 0 Å². The van der Waals surface area contributed by atoms with Gasteiger partial charge in [-0.1, -0.05) is 0 Å². The number of imidazole rings is 1. The van der Waals surface area contributed by atoms with Gasteiger partial charge in [0.1, 0.15) is 17.3 Å². The molecule has 178 valence electrons. The Hall–Kier alpha value is -1.97. The van der Waals surface area contributed by atoms with Crippen LogP contribution in [0.15, 0.2) is 35.6 Å². The number of halogens is 1. The summed E-state index contributed by atoms with van der Waals surface area (Å²) in [6, 6.07) is 6.02. The van der Waals surface area contributed by atoms with Gasteiger partial charge in [-0.05, 0) is 64.5 Å². The van der Waals surface area contributed by atoms with Crippen molar-refractivity contribution in [2.24, 2.45) is 4.99 Å². The number of guanidine groups is 1. The Morgan fingerprint density at radius 3 is 2.72 bits per heavy atom. The SMILES string of the molecule is CCNC(=NCc1ccc(OC)cc1OC1CCCC1)NCCCCn1ccnc1C.I. The molecule has 0 amide bonds. The Morgan fingerprint density at radius 1 is 1.22 bits per heavy atom. The summed E-state index contributed by atoms with van der Waals surface area (Å²) < 4.78 is 13.9. The quantitative estimate of drug-likeness (QED) is 0.183. The molecule has 1 heterocycles. The van der Waals surface area contributed by atoms with Crippen molar-refractivity contribution in [3.8, 4) is 11.5 Å². The summed E-state index contributed by atoms with van der Waals surface area (Å²) in [5, 5.41) is 6.79. The standard InChI is InChI=1S/C24H37N5O2.HI/c1-4-25-24(27-13-7-8-15-29-16-14-26-19(29)2)28-18-20-11-12-22(30-3)17-23(20)31-21-9-5-6-10-21;/h11-12,14,16-17,21H,4-10,13,15,18H2,1-3H3,(H2,25,27,28);1H. The number of unbranched alkanes of at least 4 members (excludes halogenated alkanes) is 1. The summed E-state index contributed by atoms with van der Waals surface area (Å²) in [6.07, 6.45) is 11.1. The van der Waals surface area contributed by atoms with Crippen LogP contribution in [-0.2, 0) is 13.1 Å². The second-order valence-electron chi connectivity index (χ2n) is 7.99. The number of benzene rings is 1. The highest BCUT2D eigenvalue weighted by Crippen LogP contribution is 2.30. The van der Waals surface area contributed by atoms with Gasteiger partial charge in [-0.25, -0.2) is 9.98 Å². The molecule has 0 spiro atoms. The first-order valence-electron chi connectivity index (χ1n) is 11.5. The Balaban J connectivity index is 0.00000363. The summed E-state index contributed by atoms with van der Waals surface area (Å²) in [6.45, 7) is 7.39. The van der Waals surface area contributed by atoms with E-state index in [4.69, 9.17) is 14.5 Å².